The normalized spacial score (nSPS) is 26.3. The summed E-state index contributed by atoms with van der Waals surface area (Å²) in [6, 6.07) is 0.710. The lowest BCUT2D eigenvalue weighted by molar-refractivity contribution is 0.138. The summed E-state index contributed by atoms with van der Waals surface area (Å²) in [4.78, 5) is 29.0. The third-order valence-corrected chi connectivity index (χ3v) is 7.18. The van der Waals surface area contributed by atoms with E-state index >= 15 is 0 Å². The molecule has 1 aromatic heterocycles. The van der Waals surface area contributed by atoms with Crippen molar-refractivity contribution >= 4 is 23.5 Å². The Kier molecular flexibility index (Phi) is 4.56. The van der Waals surface area contributed by atoms with Crippen molar-refractivity contribution in [2.75, 3.05) is 16.8 Å². The molecule has 0 bridgehead atoms. The van der Waals surface area contributed by atoms with Gasteiger partial charge in [0.05, 0.1) is 42.2 Å². The van der Waals surface area contributed by atoms with Crippen LogP contribution in [0.1, 0.15) is 43.8 Å². The monoisotopic (exact) mass is 461 g/mol. The number of benzene rings is 1. The Bertz CT molecular complexity index is 1130. The fourth-order valence-corrected chi connectivity index (χ4v) is 5.45. The van der Waals surface area contributed by atoms with Gasteiger partial charge in [-0.05, 0) is 38.0 Å². The number of hydrogen-bond acceptors (Lipinski definition) is 4. The van der Waals surface area contributed by atoms with Crippen LogP contribution in [0.3, 0.4) is 0 Å². The van der Waals surface area contributed by atoms with E-state index in [-0.39, 0.29) is 30.4 Å². The van der Waals surface area contributed by atoms with Gasteiger partial charge in [0.2, 0.25) is 0 Å². The highest BCUT2D eigenvalue weighted by molar-refractivity contribution is 5.92. The molecule has 3 atom stereocenters. The van der Waals surface area contributed by atoms with E-state index in [2.05, 4.69) is 10.4 Å². The highest BCUT2D eigenvalue weighted by Gasteiger charge is 2.48. The number of nitrogens with one attached hydrogen (secondary N) is 1. The molecule has 0 radical (unpaired) electrons. The molecule has 33 heavy (non-hydrogen) atoms. The fraction of sp³-hybridized carbons (Fsp3) is 0.500. The Morgan fingerprint density at radius 2 is 1.79 bits per heavy atom. The molecule has 3 fully saturated rings. The van der Waals surface area contributed by atoms with Crippen molar-refractivity contribution in [3.8, 4) is 0 Å². The quantitative estimate of drug-likeness (QED) is 0.696. The summed E-state index contributed by atoms with van der Waals surface area (Å²) in [6.07, 6.45) is 5.82. The second-order valence-corrected chi connectivity index (χ2v) is 9.15. The number of anilines is 2. The summed E-state index contributed by atoms with van der Waals surface area (Å²) < 4.78 is 47.8. The van der Waals surface area contributed by atoms with Crippen molar-refractivity contribution in [1.29, 1.82) is 0 Å². The minimum absolute atomic E-state index is 0.0415. The average molecular weight is 461 g/mol. The van der Waals surface area contributed by atoms with Crippen LogP contribution in [-0.2, 0) is 11.3 Å². The predicted octanol–water partition coefficient (Wildman–Crippen LogP) is 4.18. The van der Waals surface area contributed by atoms with Crippen LogP contribution in [0, 0.1) is 23.4 Å². The van der Waals surface area contributed by atoms with Crippen LogP contribution < -0.4 is 10.2 Å². The first-order chi connectivity index (χ1) is 15.9. The van der Waals surface area contributed by atoms with Crippen molar-refractivity contribution < 1.29 is 27.5 Å². The summed E-state index contributed by atoms with van der Waals surface area (Å²) in [5.41, 5.74) is 1.20. The first kappa shape index (κ1) is 20.4. The highest BCUT2D eigenvalue weighted by Crippen LogP contribution is 2.45. The smallest absolute Gasteiger partial charge is 0.414 e. The fourth-order valence-electron chi connectivity index (χ4n) is 5.45. The molecule has 1 aromatic carbocycles. The van der Waals surface area contributed by atoms with Gasteiger partial charge >= 0.3 is 12.1 Å². The molecular weight excluding hydrogens is 439 g/mol. The zero-order chi connectivity index (χ0) is 22.9. The first-order valence-corrected chi connectivity index (χ1v) is 11.2. The molecule has 174 valence electrons. The number of rotatable bonds is 3. The van der Waals surface area contributed by atoms with E-state index in [1.54, 1.807) is 16.0 Å². The van der Waals surface area contributed by atoms with Gasteiger partial charge in [0, 0.05) is 17.8 Å². The largest absolute Gasteiger partial charge is 0.447 e. The van der Waals surface area contributed by atoms with E-state index < -0.39 is 29.6 Å². The van der Waals surface area contributed by atoms with Gasteiger partial charge in [0.25, 0.3) is 0 Å². The molecule has 3 amide bonds. The maximum atomic E-state index is 13.6. The van der Waals surface area contributed by atoms with Crippen LogP contribution in [0.15, 0.2) is 18.3 Å². The Balaban J connectivity index is 1.31. The lowest BCUT2D eigenvalue weighted by Gasteiger charge is -2.39. The van der Waals surface area contributed by atoms with E-state index in [4.69, 9.17) is 4.74 Å². The van der Waals surface area contributed by atoms with E-state index in [1.807, 2.05) is 4.68 Å². The van der Waals surface area contributed by atoms with Crippen molar-refractivity contribution in [2.24, 2.45) is 5.92 Å². The summed E-state index contributed by atoms with van der Waals surface area (Å²) >= 11 is 0. The maximum Gasteiger partial charge on any atom is 0.414 e. The molecule has 2 aliphatic carbocycles. The zero-order valence-electron chi connectivity index (χ0n) is 17.6. The molecule has 2 saturated carbocycles. The molecular formula is C22H22F3N5O3. The maximum absolute atomic E-state index is 13.6. The molecule has 1 unspecified atom stereocenters. The molecule has 1 saturated heterocycles. The molecule has 6 rings (SSSR count). The van der Waals surface area contributed by atoms with Crippen LogP contribution in [-0.4, -0.2) is 45.5 Å². The van der Waals surface area contributed by atoms with Crippen LogP contribution >= 0.6 is 0 Å². The minimum atomic E-state index is -1.59. The molecule has 4 aliphatic rings. The molecule has 8 nitrogen and oxygen atoms in total. The number of carbonyl (C=O) groups excluding carboxylic acids is 2. The van der Waals surface area contributed by atoms with E-state index in [0.29, 0.717) is 18.2 Å². The number of carbonyl (C=O) groups is 2. The molecule has 2 aliphatic heterocycles. The van der Waals surface area contributed by atoms with Crippen molar-refractivity contribution in [2.45, 2.75) is 56.8 Å². The molecule has 1 N–H and O–H groups in total. The Hall–Kier alpha value is -3.24. The van der Waals surface area contributed by atoms with Gasteiger partial charge in [0.15, 0.2) is 17.5 Å². The van der Waals surface area contributed by atoms with Crippen LogP contribution in [0.5, 0.6) is 0 Å². The van der Waals surface area contributed by atoms with E-state index in [9.17, 15) is 22.8 Å². The minimum Gasteiger partial charge on any atom is -0.447 e. The number of halogens is 3. The van der Waals surface area contributed by atoms with Gasteiger partial charge in [0.1, 0.15) is 6.61 Å². The third-order valence-electron chi connectivity index (χ3n) is 7.18. The van der Waals surface area contributed by atoms with E-state index in [0.717, 1.165) is 49.9 Å². The highest BCUT2D eigenvalue weighted by atomic mass is 19.2. The summed E-state index contributed by atoms with van der Waals surface area (Å²) in [7, 11) is 0. The Labute approximate surface area is 187 Å². The van der Waals surface area contributed by atoms with Gasteiger partial charge < -0.3 is 15.0 Å². The van der Waals surface area contributed by atoms with Crippen LogP contribution in [0.2, 0.25) is 0 Å². The van der Waals surface area contributed by atoms with Gasteiger partial charge in [-0.3, -0.25) is 9.58 Å². The first-order valence-electron chi connectivity index (χ1n) is 11.2. The SMILES string of the molecule is O=C1OCC(C2CC2)N1c1cnn2c1CN(C(=O)Nc1cc(F)c(F)c(F)c1)[C@H]1CCC[C@H]12. The Morgan fingerprint density at radius 3 is 2.52 bits per heavy atom. The van der Waals surface area contributed by atoms with Gasteiger partial charge in [-0.25, -0.2) is 22.8 Å². The standard InChI is InChI=1S/C22H22F3N5O3/c23-13-6-12(7-14(24)20(13)25)27-21(31)28-9-18-17(8-26-30(18)16-3-1-2-15(16)28)29-19(11-4-5-11)10-33-22(29)32/h6-8,11,15-16,19H,1-5,9-10H2,(H,27,31)/t15-,16+,19?/m0/s1. The van der Waals surface area contributed by atoms with Crippen molar-refractivity contribution in [3.63, 3.8) is 0 Å². The molecule has 11 heteroatoms. The second kappa shape index (κ2) is 7.39. The number of nitrogens with zero attached hydrogens (tertiary/aromatic N) is 4. The Morgan fingerprint density at radius 1 is 1.06 bits per heavy atom. The zero-order valence-corrected chi connectivity index (χ0v) is 17.6. The second-order valence-electron chi connectivity index (χ2n) is 9.15. The van der Waals surface area contributed by atoms with E-state index in [1.165, 1.54) is 0 Å². The summed E-state index contributed by atoms with van der Waals surface area (Å²) in [5.74, 6) is -3.93. The summed E-state index contributed by atoms with van der Waals surface area (Å²) in [5, 5.41) is 7.07. The third kappa shape index (κ3) is 3.24. The number of hydrogen-bond donors (Lipinski definition) is 1. The summed E-state index contributed by atoms with van der Waals surface area (Å²) in [6.45, 7) is 0.516. The van der Waals surface area contributed by atoms with Gasteiger partial charge in [-0.1, -0.05) is 0 Å². The number of aromatic nitrogens is 2. The van der Waals surface area contributed by atoms with Crippen molar-refractivity contribution in [3.05, 3.63) is 41.5 Å². The van der Waals surface area contributed by atoms with Crippen molar-refractivity contribution in [1.82, 2.24) is 14.7 Å². The lowest BCUT2D eigenvalue weighted by Crippen LogP contribution is -2.49. The number of fused-ring (bicyclic) bond motifs is 3. The average Bonchev–Trinajstić information content (AvgIpc) is 3.17. The lowest BCUT2D eigenvalue weighted by atomic mass is 10.1. The van der Waals surface area contributed by atoms with Crippen LogP contribution in [0.4, 0.5) is 34.1 Å². The molecule has 2 aromatic rings. The van der Waals surface area contributed by atoms with Gasteiger partial charge in [-0.2, -0.15) is 5.10 Å². The predicted molar refractivity (Wildman–Crippen MR) is 110 cm³/mol. The molecule has 0 spiro atoms. The topological polar surface area (TPSA) is 79.7 Å². The van der Waals surface area contributed by atoms with Gasteiger partial charge in [-0.15, -0.1) is 0 Å². The number of amides is 3. The number of cyclic esters (lactones) is 1. The van der Waals surface area contributed by atoms with Crippen LogP contribution in [0.25, 0.3) is 0 Å². The molecule has 3 heterocycles. The number of urea groups is 1. The number of ether oxygens (including phenoxy) is 1.